The molecule has 1 aromatic carbocycles. The van der Waals surface area contributed by atoms with Crippen LogP contribution in [0.3, 0.4) is 0 Å². The highest BCUT2D eigenvalue weighted by Crippen LogP contribution is 2.21. The smallest absolute Gasteiger partial charge is 0.225 e. The minimum Gasteiger partial charge on any atom is -0.368 e. The Morgan fingerprint density at radius 2 is 1.90 bits per heavy atom. The van der Waals surface area contributed by atoms with Gasteiger partial charge in [-0.1, -0.05) is 25.1 Å². The molecule has 1 aromatic rings. The molecule has 4 nitrogen and oxygen atoms in total. The summed E-state index contributed by atoms with van der Waals surface area (Å²) >= 11 is 0. The lowest BCUT2D eigenvalue weighted by Crippen LogP contribution is -2.50. The molecule has 110 valence electrons. The van der Waals surface area contributed by atoms with Crippen LogP contribution in [-0.2, 0) is 4.79 Å². The van der Waals surface area contributed by atoms with Crippen LogP contribution in [0.5, 0.6) is 0 Å². The summed E-state index contributed by atoms with van der Waals surface area (Å²) in [4.78, 5) is 16.6. The number of carbonyl (C=O) groups excluding carboxylic acids is 1. The number of nitrogens with zero attached hydrogens (tertiary/aromatic N) is 2. The maximum Gasteiger partial charge on any atom is 0.225 e. The number of anilines is 1. The summed E-state index contributed by atoms with van der Waals surface area (Å²) in [6, 6.07) is 8.43. The molecule has 0 radical (unpaired) electrons. The monoisotopic (exact) mass is 275 g/mol. The normalized spacial score (nSPS) is 17.1. The number of aryl methyl sites for hydroxylation is 1. The highest BCUT2D eigenvalue weighted by atomic mass is 16.2. The van der Waals surface area contributed by atoms with Crippen molar-refractivity contribution >= 4 is 11.6 Å². The van der Waals surface area contributed by atoms with Crippen LogP contribution in [0, 0.1) is 12.8 Å². The quantitative estimate of drug-likeness (QED) is 0.908. The van der Waals surface area contributed by atoms with Crippen LogP contribution < -0.4 is 10.6 Å². The summed E-state index contributed by atoms with van der Waals surface area (Å²) in [5.74, 6) is 0.296. The van der Waals surface area contributed by atoms with Gasteiger partial charge in [-0.05, 0) is 31.5 Å². The molecule has 1 heterocycles. The van der Waals surface area contributed by atoms with Crippen LogP contribution in [-0.4, -0.2) is 43.5 Å². The lowest BCUT2D eigenvalue weighted by atomic mass is 10.1. The van der Waals surface area contributed by atoms with Crippen molar-refractivity contribution in [2.75, 3.05) is 37.6 Å². The van der Waals surface area contributed by atoms with Crippen molar-refractivity contribution in [2.45, 2.75) is 20.3 Å². The first-order valence-electron chi connectivity index (χ1n) is 7.43. The van der Waals surface area contributed by atoms with Crippen molar-refractivity contribution in [3.8, 4) is 0 Å². The van der Waals surface area contributed by atoms with E-state index in [4.69, 9.17) is 5.73 Å². The number of hydrogen-bond donors (Lipinski definition) is 1. The van der Waals surface area contributed by atoms with Crippen molar-refractivity contribution in [1.82, 2.24) is 4.90 Å². The predicted molar refractivity (Wildman–Crippen MR) is 82.8 cm³/mol. The van der Waals surface area contributed by atoms with Gasteiger partial charge in [-0.15, -0.1) is 0 Å². The van der Waals surface area contributed by atoms with Gasteiger partial charge >= 0.3 is 0 Å². The first-order chi connectivity index (χ1) is 9.63. The van der Waals surface area contributed by atoms with Crippen molar-refractivity contribution < 1.29 is 4.79 Å². The summed E-state index contributed by atoms with van der Waals surface area (Å²) < 4.78 is 0. The van der Waals surface area contributed by atoms with E-state index in [-0.39, 0.29) is 11.8 Å². The zero-order valence-corrected chi connectivity index (χ0v) is 12.5. The van der Waals surface area contributed by atoms with Gasteiger partial charge in [0.15, 0.2) is 0 Å². The molecule has 1 amide bonds. The molecule has 0 spiro atoms. The van der Waals surface area contributed by atoms with E-state index < -0.39 is 0 Å². The molecule has 1 aliphatic heterocycles. The summed E-state index contributed by atoms with van der Waals surface area (Å²) in [5.41, 5.74) is 8.11. The minimum absolute atomic E-state index is 0.0463. The molecule has 0 aliphatic carbocycles. The zero-order valence-electron chi connectivity index (χ0n) is 12.5. The fraction of sp³-hybridized carbons (Fsp3) is 0.562. The second kappa shape index (κ2) is 6.75. The molecular formula is C16H25N3O. The van der Waals surface area contributed by atoms with Gasteiger partial charge in [0.25, 0.3) is 0 Å². The van der Waals surface area contributed by atoms with Crippen LogP contribution in [0.1, 0.15) is 18.9 Å². The fourth-order valence-electron chi connectivity index (χ4n) is 2.77. The van der Waals surface area contributed by atoms with Crippen LogP contribution >= 0.6 is 0 Å². The molecule has 0 saturated carbocycles. The molecule has 0 bridgehead atoms. The SMILES string of the molecule is Cc1ccccc1N1CCN(C(=O)C(C)CCN)CC1. The van der Waals surface area contributed by atoms with Crippen LogP contribution in [0.15, 0.2) is 24.3 Å². The lowest BCUT2D eigenvalue weighted by Gasteiger charge is -2.37. The standard InChI is InChI=1S/C16H25N3O/c1-13-5-3-4-6-15(13)18-9-11-19(12-10-18)16(20)14(2)7-8-17/h3-6,14H,7-12,17H2,1-2H3. The third-order valence-corrected chi connectivity index (χ3v) is 4.07. The predicted octanol–water partition coefficient (Wildman–Crippen LogP) is 1.63. The Morgan fingerprint density at radius 1 is 1.25 bits per heavy atom. The first kappa shape index (κ1) is 14.9. The third kappa shape index (κ3) is 3.31. The second-order valence-corrected chi connectivity index (χ2v) is 5.58. The number of amides is 1. The van der Waals surface area contributed by atoms with Gasteiger partial charge in [0.2, 0.25) is 5.91 Å². The zero-order chi connectivity index (χ0) is 14.5. The number of nitrogens with two attached hydrogens (primary N) is 1. The van der Waals surface area contributed by atoms with Gasteiger partial charge in [-0.2, -0.15) is 0 Å². The first-order valence-corrected chi connectivity index (χ1v) is 7.43. The number of rotatable bonds is 4. The summed E-state index contributed by atoms with van der Waals surface area (Å²) in [6.45, 7) is 8.12. The molecule has 2 N–H and O–H groups in total. The highest BCUT2D eigenvalue weighted by molar-refractivity contribution is 5.78. The molecular weight excluding hydrogens is 250 g/mol. The van der Waals surface area contributed by atoms with E-state index in [0.717, 1.165) is 32.6 Å². The molecule has 4 heteroatoms. The fourth-order valence-corrected chi connectivity index (χ4v) is 2.77. The van der Waals surface area contributed by atoms with E-state index in [1.807, 2.05) is 11.8 Å². The van der Waals surface area contributed by atoms with Gasteiger partial charge in [0.05, 0.1) is 0 Å². The highest BCUT2D eigenvalue weighted by Gasteiger charge is 2.24. The molecule has 1 atom stereocenters. The van der Waals surface area contributed by atoms with Crippen molar-refractivity contribution in [3.05, 3.63) is 29.8 Å². The molecule has 1 saturated heterocycles. The van der Waals surface area contributed by atoms with E-state index in [0.29, 0.717) is 6.54 Å². The average Bonchev–Trinajstić information content (AvgIpc) is 2.47. The van der Waals surface area contributed by atoms with Gasteiger partial charge < -0.3 is 15.5 Å². The Kier molecular flexibility index (Phi) is 5.01. The Morgan fingerprint density at radius 3 is 2.50 bits per heavy atom. The van der Waals surface area contributed by atoms with E-state index in [2.05, 4.69) is 36.1 Å². The van der Waals surface area contributed by atoms with Crippen LogP contribution in [0.4, 0.5) is 5.69 Å². The summed E-state index contributed by atoms with van der Waals surface area (Å²) in [5, 5.41) is 0. The second-order valence-electron chi connectivity index (χ2n) is 5.58. The molecule has 0 aromatic heterocycles. The Balaban J connectivity index is 1.93. The van der Waals surface area contributed by atoms with Crippen molar-refractivity contribution in [3.63, 3.8) is 0 Å². The molecule has 2 rings (SSSR count). The van der Waals surface area contributed by atoms with Gasteiger partial charge in [-0.25, -0.2) is 0 Å². The van der Waals surface area contributed by atoms with E-state index in [1.54, 1.807) is 0 Å². The van der Waals surface area contributed by atoms with E-state index in [9.17, 15) is 4.79 Å². The maximum absolute atomic E-state index is 12.2. The molecule has 20 heavy (non-hydrogen) atoms. The minimum atomic E-state index is 0.0463. The Bertz CT molecular complexity index is 453. The largest absolute Gasteiger partial charge is 0.368 e. The topological polar surface area (TPSA) is 49.6 Å². The Labute approximate surface area is 121 Å². The number of para-hydroxylation sites is 1. The van der Waals surface area contributed by atoms with Gasteiger partial charge in [0.1, 0.15) is 0 Å². The van der Waals surface area contributed by atoms with E-state index >= 15 is 0 Å². The van der Waals surface area contributed by atoms with Crippen LogP contribution in [0.25, 0.3) is 0 Å². The molecule has 1 fully saturated rings. The lowest BCUT2D eigenvalue weighted by molar-refractivity contribution is -0.135. The van der Waals surface area contributed by atoms with Crippen LogP contribution in [0.2, 0.25) is 0 Å². The van der Waals surface area contributed by atoms with Gasteiger partial charge in [0, 0.05) is 37.8 Å². The third-order valence-electron chi connectivity index (χ3n) is 4.07. The number of carbonyl (C=O) groups is 1. The molecule has 1 aliphatic rings. The summed E-state index contributed by atoms with van der Waals surface area (Å²) in [6.07, 6.45) is 0.775. The number of hydrogen-bond acceptors (Lipinski definition) is 3. The van der Waals surface area contributed by atoms with Crippen molar-refractivity contribution in [2.24, 2.45) is 11.7 Å². The van der Waals surface area contributed by atoms with Gasteiger partial charge in [-0.3, -0.25) is 4.79 Å². The average molecular weight is 275 g/mol. The number of piperazine rings is 1. The molecule has 1 unspecified atom stereocenters. The number of benzene rings is 1. The Hall–Kier alpha value is -1.55. The van der Waals surface area contributed by atoms with E-state index in [1.165, 1.54) is 11.3 Å². The van der Waals surface area contributed by atoms with Crippen molar-refractivity contribution in [1.29, 1.82) is 0 Å². The maximum atomic E-state index is 12.2. The summed E-state index contributed by atoms with van der Waals surface area (Å²) in [7, 11) is 0.